The second-order valence-corrected chi connectivity index (χ2v) is 4.64. The van der Waals surface area contributed by atoms with Gasteiger partial charge >= 0.3 is 0 Å². The Kier molecular flexibility index (Phi) is 5.46. The maximum atomic E-state index is 5.94. The molecule has 1 unspecified atom stereocenters. The van der Waals surface area contributed by atoms with Crippen LogP contribution in [0.5, 0.6) is 11.5 Å². The molecule has 0 saturated heterocycles. The molecule has 3 N–H and O–H groups in total. The minimum Gasteiger partial charge on any atom is -0.497 e. The monoisotopic (exact) mass is 286 g/mol. The van der Waals surface area contributed by atoms with Gasteiger partial charge in [0.1, 0.15) is 11.5 Å². The predicted octanol–water partition coefficient (Wildman–Crippen LogP) is 3.21. The molecule has 0 heterocycles. The fraction of sp³-hybridized carbons (Fsp3) is 0.294. The maximum Gasteiger partial charge on any atom is 0.124 e. The van der Waals surface area contributed by atoms with Gasteiger partial charge in [-0.2, -0.15) is 0 Å². The van der Waals surface area contributed by atoms with Crippen molar-refractivity contribution in [2.24, 2.45) is 5.73 Å². The SMILES string of the molecule is CCOc1ccccc1C(CN)Nc1cccc(OC)c1. The normalized spacial score (nSPS) is 11.8. The van der Waals surface area contributed by atoms with Crippen molar-refractivity contribution >= 4 is 5.69 Å². The summed E-state index contributed by atoms with van der Waals surface area (Å²) in [5.41, 5.74) is 7.97. The summed E-state index contributed by atoms with van der Waals surface area (Å²) in [5.74, 6) is 1.68. The number of benzene rings is 2. The molecule has 2 aromatic carbocycles. The largest absolute Gasteiger partial charge is 0.497 e. The van der Waals surface area contributed by atoms with E-state index in [1.165, 1.54) is 0 Å². The molecule has 0 spiro atoms. The average Bonchev–Trinajstić information content (AvgIpc) is 2.54. The van der Waals surface area contributed by atoms with Gasteiger partial charge in [-0.05, 0) is 25.1 Å². The highest BCUT2D eigenvalue weighted by atomic mass is 16.5. The number of anilines is 1. The molecule has 0 aliphatic heterocycles. The van der Waals surface area contributed by atoms with Gasteiger partial charge in [-0.15, -0.1) is 0 Å². The fourth-order valence-electron chi connectivity index (χ4n) is 2.23. The highest BCUT2D eigenvalue weighted by Crippen LogP contribution is 2.28. The van der Waals surface area contributed by atoms with Gasteiger partial charge in [0.25, 0.3) is 0 Å². The van der Waals surface area contributed by atoms with E-state index in [-0.39, 0.29) is 6.04 Å². The third kappa shape index (κ3) is 3.89. The number of ether oxygens (including phenoxy) is 2. The maximum absolute atomic E-state index is 5.94. The Bertz CT molecular complexity index is 572. The Morgan fingerprint density at radius 2 is 1.95 bits per heavy atom. The van der Waals surface area contributed by atoms with Crippen LogP contribution in [0.25, 0.3) is 0 Å². The lowest BCUT2D eigenvalue weighted by Crippen LogP contribution is -2.21. The quantitative estimate of drug-likeness (QED) is 0.820. The summed E-state index contributed by atoms with van der Waals surface area (Å²) < 4.78 is 10.9. The van der Waals surface area contributed by atoms with Crippen molar-refractivity contribution in [3.8, 4) is 11.5 Å². The average molecular weight is 286 g/mol. The van der Waals surface area contributed by atoms with Crippen molar-refractivity contribution in [1.29, 1.82) is 0 Å². The van der Waals surface area contributed by atoms with Gasteiger partial charge in [-0.1, -0.05) is 24.3 Å². The van der Waals surface area contributed by atoms with Crippen molar-refractivity contribution in [3.63, 3.8) is 0 Å². The van der Waals surface area contributed by atoms with Crippen LogP contribution in [0.1, 0.15) is 18.5 Å². The lowest BCUT2D eigenvalue weighted by molar-refractivity contribution is 0.335. The number of para-hydroxylation sites is 1. The van der Waals surface area contributed by atoms with Crippen LogP contribution in [0, 0.1) is 0 Å². The van der Waals surface area contributed by atoms with Gasteiger partial charge in [0.05, 0.1) is 19.8 Å². The van der Waals surface area contributed by atoms with Gasteiger partial charge in [-0.25, -0.2) is 0 Å². The highest BCUT2D eigenvalue weighted by Gasteiger charge is 2.14. The number of rotatable bonds is 7. The van der Waals surface area contributed by atoms with Crippen molar-refractivity contribution in [2.45, 2.75) is 13.0 Å². The molecule has 2 aromatic rings. The fourth-order valence-corrected chi connectivity index (χ4v) is 2.23. The van der Waals surface area contributed by atoms with Gasteiger partial charge < -0.3 is 20.5 Å². The molecule has 112 valence electrons. The molecule has 0 aromatic heterocycles. The van der Waals surface area contributed by atoms with Crippen LogP contribution in [0.3, 0.4) is 0 Å². The summed E-state index contributed by atoms with van der Waals surface area (Å²) in [4.78, 5) is 0. The molecule has 21 heavy (non-hydrogen) atoms. The molecular formula is C17H22N2O2. The third-order valence-electron chi connectivity index (χ3n) is 3.24. The second kappa shape index (κ2) is 7.55. The molecule has 0 aliphatic rings. The molecule has 4 heteroatoms. The van der Waals surface area contributed by atoms with E-state index in [4.69, 9.17) is 15.2 Å². The molecule has 0 amide bonds. The topological polar surface area (TPSA) is 56.5 Å². The molecule has 2 rings (SSSR count). The summed E-state index contributed by atoms with van der Waals surface area (Å²) >= 11 is 0. The van der Waals surface area contributed by atoms with E-state index in [1.54, 1.807) is 7.11 Å². The Morgan fingerprint density at radius 3 is 2.67 bits per heavy atom. The Balaban J connectivity index is 2.23. The smallest absolute Gasteiger partial charge is 0.124 e. The molecule has 0 bridgehead atoms. The van der Waals surface area contributed by atoms with E-state index in [1.807, 2.05) is 55.5 Å². The Hall–Kier alpha value is -2.20. The van der Waals surface area contributed by atoms with Crippen LogP contribution in [-0.2, 0) is 0 Å². The minimum absolute atomic E-state index is 0.0140. The molecule has 4 nitrogen and oxygen atoms in total. The van der Waals surface area contributed by atoms with Crippen LogP contribution in [0.2, 0.25) is 0 Å². The first kappa shape index (κ1) is 15.2. The van der Waals surface area contributed by atoms with Crippen molar-refractivity contribution in [2.75, 3.05) is 25.6 Å². The summed E-state index contributed by atoms with van der Waals surface area (Å²) in [6.45, 7) is 3.08. The minimum atomic E-state index is -0.0140. The zero-order valence-corrected chi connectivity index (χ0v) is 12.5. The zero-order valence-electron chi connectivity index (χ0n) is 12.5. The molecular weight excluding hydrogens is 264 g/mol. The van der Waals surface area contributed by atoms with Crippen LogP contribution < -0.4 is 20.5 Å². The third-order valence-corrected chi connectivity index (χ3v) is 3.24. The van der Waals surface area contributed by atoms with Gasteiger partial charge in [0, 0.05) is 23.9 Å². The van der Waals surface area contributed by atoms with Crippen LogP contribution in [-0.4, -0.2) is 20.3 Å². The highest BCUT2D eigenvalue weighted by molar-refractivity contribution is 5.51. The molecule has 0 aliphatic carbocycles. The molecule has 0 saturated carbocycles. The van der Waals surface area contributed by atoms with Crippen LogP contribution >= 0.6 is 0 Å². The van der Waals surface area contributed by atoms with Crippen molar-refractivity contribution in [1.82, 2.24) is 0 Å². The standard InChI is InChI=1S/C17H22N2O2/c1-3-21-17-10-5-4-9-15(17)16(12-18)19-13-7-6-8-14(11-13)20-2/h4-11,16,19H,3,12,18H2,1-2H3. The second-order valence-electron chi connectivity index (χ2n) is 4.64. The Labute approximate surface area is 125 Å². The molecule has 1 atom stereocenters. The lowest BCUT2D eigenvalue weighted by atomic mass is 10.1. The number of nitrogens with two attached hydrogens (primary N) is 1. The summed E-state index contributed by atoms with van der Waals surface area (Å²) in [5, 5.41) is 3.43. The van der Waals surface area contributed by atoms with Gasteiger partial charge in [0.15, 0.2) is 0 Å². The van der Waals surface area contributed by atoms with Gasteiger partial charge in [-0.3, -0.25) is 0 Å². The number of methoxy groups -OCH3 is 1. The van der Waals surface area contributed by atoms with Crippen LogP contribution in [0.15, 0.2) is 48.5 Å². The molecule has 0 radical (unpaired) electrons. The van der Waals surface area contributed by atoms with Crippen molar-refractivity contribution in [3.05, 3.63) is 54.1 Å². The van der Waals surface area contributed by atoms with Crippen molar-refractivity contribution < 1.29 is 9.47 Å². The number of hydrogen-bond donors (Lipinski definition) is 2. The first-order valence-electron chi connectivity index (χ1n) is 7.10. The zero-order chi connectivity index (χ0) is 15.1. The van der Waals surface area contributed by atoms with E-state index in [9.17, 15) is 0 Å². The molecule has 0 fully saturated rings. The number of nitrogens with one attached hydrogen (secondary N) is 1. The van der Waals surface area contributed by atoms with E-state index >= 15 is 0 Å². The number of hydrogen-bond acceptors (Lipinski definition) is 4. The first-order valence-corrected chi connectivity index (χ1v) is 7.10. The summed E-state index contributed by atoms with van der Waals surface area (Å²) in [6.07, 6.45) is 0. The lowest BCUT2D eigenvalue weighted by Gasteiger charge is -2.21. The predicted molar refractivity (Wildman–Crippen MR) is 86.0 cm³/mol. The van der Waals surface area contributed by atoms with E-state index in [0.29, 0.717) is 13.2 Å². The van der Waals surface area contributed by atoms with E-state index < -0.39 is 0 Å². The van der Waals surface area contributed by atoms with Crippen LogP contribution in [0.4, 0.5) is 5.69 Å². The van der Waals surface area contributed by atoms with E-state index in [0.717, 1.165) is 22.7 Å². The Morgan fingerprint density at radius 1 is 1.14 bits per heavy atom. The van der Waals surface area contributed by atoms with Gasteiger partial charge in [0.2, 0.25) is 0 Å². The summed E-state index contributed by atoms with van der Waals surface area (Å²) in [7, 11) is 1.66. The van der Waals surface area contributed by atoms with E-state index in [2.05, 4.69) is 5.32 Å². The summed E-state index contributed by atoms with van der Waals surface area (Å²) in [6, 6.07) is 15.8. The first-order chi connectivity index (χ1) is 10.3.